The van der Waals surface area contributed by atoms with E-state index in [1.54, 1.807) is 11.3 Å². The Bertz CT molecular complexity index is 758. The molecule has 0 aliphatic rings. The first kappa shape index (κ1) is 18.2. The number of amides is 3. The fraction of sp³-hybridized carbons (Fsp3) is 0.533. The van der Waals surface area contributed by atoms with Crippen LogP contribution in [0.2, 0.25) is 0 Å². The van der Waals surface area contributed by atoms with E-state index in [2.05, 4.69) is 25.8 Å². The molecule has 0 aliphatic carbocycles. The second-order valence-corrected chi connectivity index (χ2v) is 7.28. The molecule has 1 unspecified atom stereocenters. The number of hydrogen-bond acceptors (Lipinski definition) is 6. The molecule has 2 N–H and O–H groups in total. The van der Waals surface area contributed by atoms with E-state index in [0.29, 0.717) is 23.3 Å². The van der Waals surface area contributed by atoms with Gasteiger partial charge in [0.1, 0.15) is 5.82 Å². The van der Waals surface area contributed by atoms with Gasteiger partial charge in [0.25, 0.3) is 0 Å². The lowest BCUT2D eigenvalue weighted by molar-refractivity contribution is -0.119. The van der Waals surface area contributed by atoms with Crippen LogP contribution in [-0.4, -0.2) is 43.3 Å². The molecule has 0 aromatic carbocycles. The summed E-state index contributed by atoms with van der Waals surface area (Å²) in [7, 11) is 0. The first-order chi connectivity index (χ1) is 11.3. The summed E-state index contributed by atoms with van der Waals surface area (Å²) < 4.78 is 1.79. The van der Waals surface area contributed by atoms with Crippen molar-refractivity contribution in [2.75, 3.05) is 6.54 Å². The summed E-state index contributed by atoms with van der Waals surface area (Å²) >= 11 is 1.23. The van der Waals surface area contributed by atoms with Crippen LogP contribution in [0.5, 0.6) is 0 Å². The van der Waals surface area contributed by atoms with Crippen LogP contribution in [0.25, 0.3) is 5.65 Å². The molecule has 2 aromatic rings. The number of imide groups is 1. The van der Waals surface area contributed by atoms with E-state index in [0.717, 1.165) is 11.5 Å². The molecule has 9 heteroatoms. The molecule has 0 spiro atoms. The topological polar surface area (TPSA) is 101 Å². The monoisotopic (exact) mass is 350 g/mol. The van der Waals surface area contributed by atoms with Crippen molar-refractivity contribution in [3.05, 3.63) is 17.6 Å². The minimum atomic E-state index is -0.497. The molecule has 3 amide bonds. The van der Waals surface area contributed by atoms with E-state index >= 15 is 0 Å². The molecule has 2 rings (SSSR count). The molecule has 0 aliphatic heterocycles. The quantitative estimate of drug-likeness (QED) is 0.796. The zero-order valence-corrected chi connectivity index (χ0v) is 15.3. The minimum absolute atomic E-state index is 0.318. The second kappa shape index (κ2) is 7.61. The van der Waals surface area contributed by atoms with Crippen molar-refractivity contribution in [2.24, 2.45) is 5.92 Å². The molecule has 2 heterocycles. The Morgan fingerprint density at radius 2 is 1.96 bits per heavy atom. The average molecular weight is 350 g/mol. The Labute approximate surface area is 144 Å². The van der Waals surface area contributed by atoms with Crippen LogP contribution in [-0.2, 0) is 4.79 Å². The number of carbonyl (C=O) groups is 2. The molecule has 0 bridgehead atoms. The Morgan fingerprint density at radius 3 is 2.62 bits per heavy atom. The highest BCUT2D eigenvalue weighted by Gasteiger charge is 2.20. The molecule has 0 saturated heterocycles. The zero-order valence-electron chi connectivity index (χ0n) is 14.5. The molecular formula is C15H22N6O2S. The van der Waals surface area contributed by atoms with E-state index in [1.807, 2.05) is 33.8 Å². The van der Waals surface area contributed by atoms with Crippen molar-refractivity contribution < 1.29 is 9.59 Å². The van der Waals surface area contributed by atoms with Gasteiger partial charge in [0, 0.05) is 18.3 Å². The maximum atomic E-state index is 12.1. The highest BCUT2D eigenvalue weighted by Crippen LogP contribution is 2.23. The van der Waals surface area contributed by atoms with E-state index < -0.39 is 11.3 Å². The van der Waals surface area contributed by atoms with Crippen molar-refractivity contribution in [3.8, 4) is 0 Å². The number of aryl methyl sites for hydroxylation is 2. The maximum Gasteiger partial charge on any atom is 0.321 e. The fourth-order valence-electron chi connectivity index (χ4n) is 2.05. The average Bonchev–Trinajstić information content (AvgIpc) is 2.87. The molecule has 24 heavy (non-hydrogen) atoms. The second-order valence-electron chi connectivity index (χ2n) is 5.97. The molecule has 0 radical (unpaired) electrons. The van der Waals surface area contributed by atoms with Gasteiger partial charge < -0.3 is 5.32 Å². The van der Waals surface area contributed by atoms with E-state index in [-0.39, 0.29) is 5.91 Å². The third-order valence-corrected chi connectivity index (χ3v) is 4.26. The first-order valence-electron chi connectivity index (χ1n) is 7.72. The lowest BCUT2D eigenvalue weighted by atomic mass is 10.2. The maximum absolute atomic E-state index is 12.1. The van der Waals surface area contributed by atoms with E-state index in [1.165, 1.54) is 11.8 Å². The first-order valence-corrected chi connectivity index (χ1v) is 8.60. The highest BCUT2D eigenvalue weighted by molar-refractivity contribution is 8.00. The fourth-order valence-corrected chi connectivity index (χ4v) is 2.95. The lowest BCUT2D eigenvalue weighted by Crippen LogP contribution is -2.43. The summed E-state index contributed by atoms with van der Waals surface area (Å²) in [6, 6.07) is 1.34. The van der Waals surface area contributed by atoms with Gasteiger partial charge in [-0.05, 0) is 26.7 Å². The largest absolute Gasteiger partial charge is 0.338 e. The van der Waals surface area contributed by atoms with Gasteiger partial charge in [-0.2, -0.15) is 0 Å². The van der Waals surface area contributed by atoms with E-state index in [9.17, 15) is 9.59 Å². The predicted molar refractivity (Wildman–Crippen MR) is 92.0 cm³/mol. The number of fused-ring (bicyclic) bond motifs is 1. The number of rotatable bonds is 5. The third kappa shape index (κ3) is 4.44. The predicted octanol–water partition coefficient (Wildman–Crippen LogP) is 1.70. The zero-order chi connectivity index (χ0) is 17.9. The molecule has 0 saturated carbocycles. The standard InChI is InChI=1S/C15H22N6O2S/c1-8(2)7-16-14(23)18-13(22)10(4)24-15-20-19-12-6-9(3)17-11(5)21(12)15/h6,8,10H,7H2,1-5H3,(H2,16,18,22,23). The molecule has 8 nitrogen and oxygen atoms in total. The number of urea groups is 1. The van der Waals surface area contributed by atoms with Crippen molar-refractivity contribution in [3.63, 3.8) is 0 Å². The number of thioether (sulfide) groups is 1. The summed E-state index contributed by atoms with van der Waals surface area (Å²) in [5.41, 5.74) is 1.54. The summed E-state index contributed by atoms with van der Waals surface area (Å²) in [5.74, 6) is 0.689. The van der Waals surface area contributed by atoms with Gasteiger partial charge >= 0.3 is 6.03 Å². The van der Waals surface area contributed by atoms with E-state index in [4.69, 9.17) is 0 Å². The lowest BCUT2D eigenvalue weighted by Gasteiger charge is -2.12. The van der Waals surface area contributed by atoms with Gasteiger partial charge in [0.15, 0.2) is 10.8 Å². The van der Waals surface area contributed by atoms with Crippen LogP contribution in [0.3, 0.4) is 0 Å². The highest BCUT2D eigenvalue weighted by atomic mass is 32.2. The van der Waals surface area contributed by atoms with Crippen LogP contribution in [0.1, 0.15) is 32.3 Å². The SMILES string of the molecule is Cc1cc2nnc(SC(C)C(=O)NC(=O)NCC(C)C)n2c(C)n1. The van der Waals surface area contributed by atoms with Crippen LogP contribution >= 0.6 is 11.8 Å². The number of carbonyl (C=O) groups excluding carboxylic acids is 2. The summed E-state index contributed by atoms with van der Waals surface area (Å²) in [5, 5.41) is 13.3. The van der Waals surface area contributed by atoms with Gasteiger partial charge in [-0.25, -0.2) is 9.78 Å². The Morgan fingerprint density at radius 1 is 1.25 bits per heavy atom. The van der Waals surface area contributed by atoms with Gasteiger partial charge in [0.05, 0.1) is 5.25 Å². The number of nitrogens with zero attached hydrogens (tertiary/aromatic N) is 4. The molecule has 1 atom stereocenters. The van der Waals surface area contributed by atoms with Crippen LogP contribution < -0.4 is 10.6 Å². The van der Waals surface area contributed by atoms with Crippen LogP contribution in [0.4, 0.5) is 4.79 Å². The Kier molecular flexibility index (Phi) is 5.76. The third-order valence-electron chi connectivity index (χ3n) is 3.22. The Balaban J connectivity index is 2.03. The van der Waals surface area contributed by atoms with Crippen molar-refractivity contribution in [1.29, 1.82) is 0 Å². The van der Waals surface area contributed by atoms with Gasteiger partial charge in [-0.15, -0.1) is 10.2 Å². The summed E-state index contributed by atoms with van der Waals surface area (Å²) in [4.78, 5) is 28.2. The number of nitrogens with one attached hydrogen (secondary N) is 2. The van der Waals surface area contributed by atoms with Crippen molar-refractivity contribution >= 4 is 29.3 Å². The molecule has 2 aromatic heterocycles. The van der Waals surface area contributed by atoms with Crippen LogP contribution in [0.15, 0.2) is 11.2 Å². The number of aromatic nitrogens is 4. The van der Waals surface area contributed by atoms with Gasteiger partial charge in [-0.3, -0.25) is 14.5 Å². The number of hydrogen-bond donors (Lipinski definition) is 2. The smallest absolute Gasteiger partial charge is 0.321 e. The van der Waals surface area contributed by atoms with Crippen molar-refractivity contribution in [1.82, 2.24) is 30.2 Å². The van der Waals surface area contributed by atoms with Crippen molar-refractivity contribution in [2.45, 2.75) is 45.0 Å². The van der Waals surface area contributed by atoms with Crippen LogP contribution in [0, 0.1) is 19.8 Å². The Hall–Kier alpha value is -2.16. The molecular weight excluding hydrogens is 328 g/mol. The summed E-state index contributed by atoms with van der Waals surface area (Å²) in [6.07, 6.45) is 0. The molecule has 0 fully saturated rings. The summed E-state index contributed by atoms with van der Waals surface area (Å²) in [6.45, 7) is 9.94. The molecule has 130 valence electrons. The van der Waals surface area contributed by atoms with Gasteiger partial charge in [0.2, 0.25) is 5.91 Å². The van der Waals surface area contributed by atoms with Gasteiger partial charge in [-0.1, -0.05) is 25.6 Å². The normalized spacial score (nSPS) is 12.4. The minimum Gasteiger partial charge on any atom is -0.338 e.